The van der Waals surface area contributed by atoms with Crippen molar-refractivity contribution in [2.45, 2.75) is 64.0 Å². The fourth-order valence-electron chi connectivity index (χ4n) is 4.95. The number of alkyl halides is 1. The molecular formula is C25H27F2NO3. The lowest BCUT2D eigenvalue weighted by Gasteiger charge is -2.32. The predicted molar refractivity (Wildman–Crippen MR) is 116 cm³/mol. The number of phenols is 1. The quantitative estimate of drug-likeness (QED) is 0.509. The second kappa shape index (κ2) is 7.66. The Bertz CT molecular complexity index is 1160. The molecule has 6 heteroatoms. The zero-order chi connectivity index (χ0) is 22.5. The van der Waals surface area contributed by atoms with E-state index in [2.05, 4.69) is 18.4 Å². The lowest BCUT2D eigenvalue weighted by molar-refractivity contribution is -0.153. The van der Waals surface area contributed by atoms with Crippen LogP contribution in [-0.4, -0.2) is 26.4 Å². The molecule has 0 atom stereocenters. The third kappa shape index (κ3) is 3.58. The van der Waals surface area contributed by atoms with Gasteiger partial charge in [0.05, 0.1) is 5.52 Å². The average Bonchev–Trinajstić information content (AvgIpc) is 3.05. The van der Waals surface area contributed by atoms with E-state index in [-0.39, 0.29) is 36.2 Å². The van der Waals surface area contributed by atoms with Crippen LogP contribution in [0.4, 0.5) is 8.78 Å². The number of carboxylic acids is 1. The highest BCUT2D eigenvalue weighted by Gasteiger charge is 2.43. The number of halogens is 2. The first-order valence-corrected chi connectivity index (χ1v) is 10.7. The molecule has 1 saturated carbocycles. The first-order valence-electron chi connectivity index (χ1n) is 10.7. The van der Waals surface area contributed by atoms with Crippen molar-refractivity contribution in [1.29, 1.82) is 0 Å². The molecule has 0 unspecified atom stereocenters. The first-order chi connectivity index (χ1) is 14.6. The first kappa shape index (κ1) is 21.3. The van der Waals surface area contributed by atoms with Crippen molar-refractivity contribution in [3.63, 3.8) is 0 Å². The Kier molecular flexibility index (Phi) is 5.28. The summed E-state index contributed by atoms with van der Waals surface area (Å²) in [6, 6.07) is 10.2. The SMILES string of the molecule is Cc1cc(-n2c(C(C)C)c([C@H]3CC[C@@](F)(C(=O)O)CC3)c3cc(O)ccc32)ccc1F. The van der Waals surface area contributed by atoms with Gasteiger partial charge in [-0.3, -0.25) is 0 Å². The number of rotatable bonds is 4. The van der Waals surface area contributed by atoms with Crippen LogP contribution in [0, 0.1) is 12.7 Å². The van der Waals surface area contributed by atoms with Gasteiger partial charge in [0, 0.05) is 16.8 Å². The molecule has 0 bridgehead atoms. The minimum absolute atomic E-state index is 0.0206. The Morgan fingerprint density at radius 3 is 2.42 bits per heavy atom. The van der Waals surface area contributed by atoms with Crippen LogP contribution in [0.15, 0.2) is 36.4 Å². The molecular weight excluding hydrogens is 400 g/mol. The molecule has 0 amide bonds. The maximum absolute atomic E-state index is 14.7. The summed E-state index contributed by atoms with van der Waals surface area (Å²) in [6.45, 7) is 5.87. The summed E-state index contributed by atoms with van der Waals surface area (Å²) in [6.07, 6.45) is 0.761. The predicted octanol–water partition coefficient (Wildman–Crippen LogP) is 6.36. The van der Waals surface area contributed by atoms with Crippen molar-refractivity contribution in [1.82, 2.24) is 4.57 Å². The average molecular weight is 427 g/mol. The molecule has 4 nitrogen and oxygen atoms in total. The lowest BCUT2D eigenvalue weighted by atomic mass is 9.75. The highest BCUT2D eigenvalue weighted by atomic mass is 19.1. The van der Waals surface area contributed by atoms with Crippen LogP contribution >= 0.6 is 0 Å². The van der Waals surface area contributed by atoms with Crippen LogP contribution in [0.1, 0.15) is 68.2 Å². The number of hydrogen-bond acceptors (Lipinski definition) is 2. The van der Waals surface area contributed by atoms with E-state index in [1.807, 2.05) is 6.07 Å². The molecule has 1 fully saturated rings. The van der Waals surface area contributed by atoms with Gasteiger partial charge in [-0.15, -0.1) is 0 Å². The number of phenolic OH excluding ortho intramolecular Hbond substituents is 1. The number of carboxylic acid groups (broad SMARTS) is 1. The third-order valence-corrected chi connectivity index (χ3v) is 6.54. The summed E-state index contributed by atoms with van der Waals surface area (Å²) in [5, 5.41) is 20.3. The normalized spacial score (nSPS) is 21.7. The van der Waals surface area contributed by atoms with Gasteiger partial charge in [-0.2, -0.15) is 0 Å². The standard InChI is InChI=1S/C25H27F2NO3/c1-14(2)23-22(16-8-10-25(27,11-9-16)24(30)31)19-13-18(29)5-7-21(19)28(23)17-4-6-20(26)15(3)12-17/h4-7,12-14,16,29H,8-11H2,1-3H3,(H,30,31)/t16-,25-. The molecule has 2 N–H and O–H groups in total. The van der Waals surface area contributed by atoms with Crippen molar-refractivity contribution in [2.24, 2.45) is 0 Å². The van der Waals surface area contributed by atoms with Gasteiger partial charge < -0.3 is 14.8 Å². The highest BCUT2D eigenvalue weighted by Crippen LogP contribution is 2.47. The van der Waals surface area contributed by atoms with Gasteiger partial charge in [0.25, 0.3) is 0 Å². The Morgan fingerprint density at radius 2 is 1.84 bits per heavy atom. The fourth-order valence-corrected chi connectivity index (χ4v) is 4.95. The van der Waals surface area contributed by atoms with Crippen molar-refractivity contribution in [2.75, 3.05) is 0 Å². The Balaban J connectivity index is 1.93. The smallest absolute Gasteiger partial charge is 0.341 e. The minimum Gasteiger partial charge on any atom is -0.508 e. The van der Waals surface area contributed by atoms with E-state index in [0.29, 0.717) is 18.4 Å². The van der Waals surface area contributed by atoms with E-state index in [4.69, 9.17) is 0 Å². The number of aryl methyl sites for hydroxylation is 1. The second-order valence-corrected chi connectivity index (χ2v) is 8.97. The Hall–Kier alpha value is -2.89. The number of fused-ring (bicyclic) bond motifs is 1. The number of benzene rings is 2. The van der Waals surface area contributed by atoms with Gasteiger partial charge in [-0.1, -0.05) is 13.8 Å². The van der Waals surface area contributed by atoms with Gasteiger partial charge in [0.2, 0.25) is 5.67 Å². The zero-order valence-corrected chi connectivity index (χ0v) is 18.0. The summed E-state index contributed by atoms with van der Waals surface area (Å²) in [5.74, 6) is -1.45. The molecule has 164 valence electrons. The van der Waals surface area contributed by atoms with E-state index < -0.39 is 11.6 Å². The molecule has 1 aromatic heterocycles. The zero-order valence-electron chi connectivity index (χ0n) is 18.0. The molecule has 0 spiro atoms. The molecule has 31 heavy (non-hydrogen) atoms. The van der Waals surface area contributed by atoms with Gasteiger partial charge >= 0.3 is 5.97 Å². The van der Waals surface area contributed by atoms with Gasteiger partial charge in [-0.25, -0.2) is 13.6 Å². The highest BCUT2D eigenvalue weighted by molar-refractivity contribution is 5.89. The molecule has 4 rings (SSSR count). The van der Waals surface area contributed by atoms with Crippen molar-refractivity contribution in [3.8, 4) is 11.4 Å². The number of aliphatic carboxylic acids is 1. The maximum Gasteiger partial charge on any atom is 0.341 e. The lowest BCUT2D eigenvalue weighted by Crippen LogP contribution is -2.37. The molecule has 1 aliphatic rings. The van der Waals surface area contributed by atoms with Crippen molar-refractivity contribution >= 4 is 16.9 Å². The molecule has 2 aromatic carbocycles. The Labute approximate surface area is 180 Å². The summed E-state index contributed by atoms with van der Waals surface area (Å²) >= 11 is 0. The minimum atomic E-state index is -2.18. The fraction of sp³-hybridized carbons (Fsp3) is 0.400. The molecule has 3 aromatic rings. The monoisotopic (exact) mass is 427 g/mol. The molecule has 1 aliphatic carbocycles. The number of aromatic nitrogens is 1. The molecule has 0 saturated heterocycles. The van der Waals surface area contributed by atoms with Gasteiger partial charge in [-0.05, 0) is 92.0 Å². The summed E-state index contributed by atoms with van der Waals surface area (Å²) in [4.78, 5) is 11.4. The number of carbonyl (C=O) groups is 1. The molecule has 0 radical (unpaired) electrons. The van der Waals surface area contributed by atoms with E-state index >= 15 is 0 Å². The van der Waals surface area contributed by atoms with Crippen LogP contribution in [0.2, 0.25) is 0 Å². The second-order valence-electron chi connectivity index (χ2n) is 8.97. The van der Waals surface area contributed by atoms with E-state index in [0.717, 1.165) is 27.8 Å². The topological polar surface area (TPSA) is 62.5 Å². The van der Waals surface area contributed by atoms with Crippen LogP contribution < -0.4 is 0 Å². The van der Waals surface area contributed by atoms with Crippen LogP contribution in [0.5, 0.6) is 5.75 Å². The molecule has 0 aliphatic heterocycles. The van der Waals surface area contributed by atoms with Gasteiger partial charge in [0.15, 0.2) is 0 Å². The van der Waals surface area contributed by atoms with Crippen molar-refractivity contribution < 1.29 is 23.8 Å². The number of nitrogens with zero attached hydrogens (tertiary/aromatic N) is 1. The van der Waals surface area contributed by atoms with Crippen LogP contribution in [-0.2, 0) is 4.79 Å². The van der Waals surface area contributed by atoms with Crippen LogP contribution in [0.3, 0.4) is 0 Å². The van der Waals surface area contributed by atoms with E-state index in [9.17, 15) is 23.8 Å². The number of hydrogen-bond donors (Lipinski definition) is 2. The summed E-state index contributed by atoms with van der Waals surface area (Å²) < 4.78 is 30.7. The molecule has 1 heterocycles. The third-order valence-electron chi connectivity index (χ3n) is 6.54. The summed E-state index contributed by atoms with van der Waals surface area (Å²) in [5.41, 5.74) is 2.12. The maximum atomic E-state index is 14.7. The Morgan fingerprint density at radius 1 is 1.16 bits per heavy atom. The van der Waals surface area contributed by atoms with Crippen molar-refractivity contribution in [3.05, 3.63) is 59.0 Å². The number of aromatic hydroxyl groups is 1. The van der Waals surface area contributed by atoms with E-state index in [1.54, 1.807) is 31.2 Å². The largest absolute Gasteiger partial charge is 0.508 e. The van der Waals surface area contributed by atoms with E-state index in [1.165, 1.54) is 6.07 Å². The summed E-state index contributed by atoms with van der Waals surface area (Å²) in [7, 11) is 0. The van der Waals surface area contributed by atoms with Gasteiger partial charge in [0.1, 0.15) is 11.6 Å². The van der Waals surface area contributed by atoms with Crippen LogP contribution in [0.25, 0.3) is 16.6 Å².